The first-order valence-electron chi connectivity index (χ1n) is 6.18. The van der Waals surface area contributed by atoms with Gasteiger partial charge in [0.15, 0.2) is 0 Å². The molecule has 1 aromatic carbocycles. The molecule has 0 atom stereocenters. The second-order valence-corrected chi connectivity index (χ2v) is 5.39. The number of hydrogen-bond donors (Lipinski definition) is 1. The number of rotatable bonds is 6. The molecule has 100 valence electrons. The van der Waals surface area contributed by atoms with E-state index < -0.39 is 0 Å². The highest BCUT2D eigenvalue weighted by Crippen LogP contribution is 2.16. The highest BCUT2D eigenvalue weighted by molar-refractivity contribution is 7.99. The van der Waals surface area contributed by atoms with E-state index in [1.807, 2.05) is 42.9 Å². The molecule has 1 heterocycles. The van der Waals surface area contributed by atoms with Crippen LogP contribution < -0.4 is 10.2 Å². The van der Waals surface area contributed by atoms with Crippen LogP contribution in [0.4, 0.5) is 11.8 Å². The largest absolute Gasteiger partial charge is 0.369 e. The summed E-state index contributed by atoms with van der Waals surface area (Å²) in [6.45, 7) is 0.878. The average Bonchev–Trinajstić information content (AvgIpc) is 2.45. The quantitative estimate of drug-likeness (QED) is 0.648. The average molecular weight is 274 g/mol. The molecule has 0 fully saturated rings. The Balaban J connectivity index is 1.78. The minimum absolute atomic E-state index is 0.723. The van der Waals surface area contributed by atoms with Crippen LogP contribution in [0.5, 0.6) is 0 Å². The fraction of sp³-hybridized carbons (Fsp3) is 0.286. The van der Waals surface area contributed by atoms with E-state index in [9.17, 15) is 0 Å². The molecule has 5 heteroatoms. The van der Waals surface area contributed by atoms with Crippen molar-refractivity contribution in [2.24, 2.45) is 0 Å². The monoisotopic (exact) mass is 274 g/mol. The molecule has 4 nitrogen and oxygen atoms in total. The van der Waals surface area contributed by atoms with Crippen LogP contribution in [0.1, 0.15) is 0 Å². The molecule has 0 saturated heterocycles. The zero-order chi connectivity index (χ0) is 13.5. The van der Waals surface area contributed by atoms with Crippen molar-refractivity contribution in [3.05, 3.63) is 42.6 Å². The van der Waals surface area contributed by atoms with Crippen molar-refractivity contribution in [1.82, 2.24) is 9.97 Å². The molecule has 0 spiro atoms. The van der Waals surface area contributed by atoms with Crippen molar-refractivity contribution in [2.45, 2.75) is 4.90 Å². The first kappa shape index (κ1) is 13.7. The Morgan fingerprint density at radius 3 is 2.68 bits per heavy atom. The number of aromatic nitrogens is 2. The molecular weight excluding hydrogens is 256 g/mol. The second-order valence-electron chi connectivity index (χ2n) is 4.22. The third-order valence-electron chi connectivity index (χ3n) is 2.46. The summed E-state index contributed by atoms with van der Waals surface area (Å²) in [6, 6.07) is 12.3. The van der Waals surface area contributed by atoms with E-state index in [4.69, 9.17) is 0 Å². The standard InChI is InChI=1S/C14H18N4S/c1-18(2)14-16-9-8-13(17-14)15-10-11-19-12-6-4-3-5-7-12/h3-9H,10-11H2,1-2H3,(H,15,16,17). The number of anilines is 2. The van der Waals surface area contributed by atoms with E-state index in [0.29, 0.717) is 0 Å². The van der Waals surface area contributed by atoms with Gasteiger partial charge in [-0.3, -0.25) is 0 Å². The van der Waals surface area contributed by atoms with E-state index in [1.165, 1.54) is 4.90 Å². The van der Waals surface area contributed by atoms with Crippen LogP contribution in [0, 0.1) is 0 Å². The molecule has 0 unspecified atom stereocenters. The molecule has 1 aromatic heterocycles. The highest BCUT2D eigenvalue weighted by Gasteiger charge is 2.00. The van der Waals surface area contributed by atoms with Gasteiger partial charge in [-0.25, -0.2) is 4.98 Å². The van der Waals surface area contributed by atoms with E-state index in [1.54, 1.807) is 6.20 Å². The van der Waals surface area contributed by atoms with Crippen molar-refractivity contribution in [3.63, 3.8) is 0 Å². The van der Waals surface area contributed by atoms with E-state index in [2.05, 4.69) is 39.6 Å². The lowest BCUT2D eigenvalue weighted by atomic mass is 10.4. The van der Waals surface area contributed by atoms with Crippen LogP contribution in [0.15, 0.2) is 47.5 Å². The van der Waals surface area contributed by atoms with Gasteiger partial charge in [0.1, 0.15) is 5.82 Å². The van der Waals surface area contributed by atoms with Gasteiger partial charge in [0, 0.05) is 37.5 Å². The molecule has 0 bridgehead atoms. The molecule has 0 aliphatic carbocycles. The SMILES string of the molecule is CN(C)c1nccc(NCCSc2ccccc2)n1. The van der Waals surface area contributed by atoms with Crippen LogP contribution in [0.2, 0.25) is 0 Å². The van der Waals surface area contributed by atoms with Gasteiger partial charge in [-0.2, -0.15) is 4.98 Å². The van der Waals surface area contributed by atoms with Crippen LogP contribution in [0.25, 0.3) is 0 Å². The Hall–Kier alpha value is -1.75. The van der Waals surface area contributed by atoms with Crippen LogP contribution in [0.3, 0.4) is 0 Å². The Bertz CT molecular complexity index is 502. The zero-order valence-corrected chi connectivity index (χ0v) is 12.0. The Morgan fingerprint density at radius 2 is 1.95 bits per heavy atom. The summed E-state index contributed by atoms with van der Waals surface area (Å²) in [7, 11) is 3.87. The maximum Gasteiger partial charge on any atom is 0.226 e. The predicted octanol–water partition coefficient (Wildman–Crippen LogP) is 2.75. The molecule has 19 heavy (non-hydrogen) atoms. The number of thioether (sulfide) groups is 1. The minimum atomic E-state index is 0.723. The molecule has 1 N–H and O–H groups in total. The number of benzene rings is 1. The van der Waals surface area contributed by atoms with Crippen LogP contribution >= 0.6 is 11.8 Å². The summed E-state index contributed by atoms with van der Waals surface area (Å²) in [6.07, 6.45) is 1.77. The highest BCUT2D eigenvalue weighted by atomic mass is 32.2. The Kier molecular flexibility index (Phi) is 5.03. The van der Waals surface area contributed by atoms with E-state index in [-0.39, 0.29) is 0 Å². The van der Waals surface area contributed by atoms with Crippen LogP contribution in [-0.2, 0) is 0 Å². The maximum atomic E-state index is 4.41. The Morgan fingerprint density at radius 1 is 1.16 bits per heavy atom. The predicted molar refractivity (Wildman–Crippen MR) is 82.0 cm³/mol. The molecule has 0 radical (unpaired) electrons. The number of nitrogens with zero attached hydrogens (tertiary/aromatic N) is 3. The molecule has 2 aromatic rings. The van der Waals surface area contributed by atoms with Crippen molar-refractivity contribution >= 4 is 23.5 Å². The van der Waals surface area contributed by atoms with E-state index in [0.717, 1.165) is 24.1 Å². The summed E-state index contributed by atoms with van der Waals surface area (Å²) < 4.78 is 0. The zero-order valence-electron chi connectivity index (χ0n) is 11.2. The van der Waals surface area contributed by atoms with Gasteiger partial charge >= 0.3 is 0 Å². The van der Waals surface area contributed by atoms with Crippen molar-refractivity contribution in [2.75, 3.05) is 36.6 Å². The molecule has 0 aliphatic rings. The fourth-order valence-electron chi connectivity index (χ4n) is 1.53. The Labute approximate surface area is 118 Å². The molecule has 0 saturated carbocycles. The summed E-state index contributed by atoms with van der Waals surface area (Å²) in [5, 5.41) is 3.31. The fourth-order valence-corrected chi connectivity index (χ4v) is 2.32. The lowest BCUT2D eigenvalue weighted by Gasteiger charge is -2.11. The second kappa shape index (κ2) is 6.99. The lowest BCUT2D eigenvalue weighted by Crippen LogP contribution is -2.14. The van der Waals surface area contributed by atoms with Gasteiger partial charge in [-0.15, -0.1) is 11.8 Å². The molecular formula is C14H18N4S. The van der Waals surface area contributed by atoms with Gasteiger partial charge in [-0.05, 0) is 18.2 Å². The lowest BCUT2D eigenvalue weighted by molar-refractivity contribution is 0.993. The molecule has 2 rings (SSSR count). The summed E-state index contributed by atoms with van der Waals surface area (Å²) >= 11 is 1.83. The van der Waals surface area contributed by atoms with Crippen molar-refractivity contribution in [3.8, 4) is 0 Å². The maximum absolute atomic E-state index is 4.41. The smallest absolute Gasteiger partial charge is 0.226 e. The summed E-state index contributed by atoms with van der Waals surface area (Å²) in [5.74, 6) is 2.60. The van der Waals surface area contributed by atoms with Gasteiger partial charge in [-0.1, -0.05) is 18.2 Å². The number of hydrogen-bond acceptors (Lipinski definition) is 5. The normalized spacial score (nSPS) is 10.2. The molecule has 0 amide bonds. The topological polar surface area (TPSA) is 41.1 Å². The third-order valence-corrected chi connectivity index (χ3v) is 3.48. The van der Waals surface area contributed by atoms with Gasteiger partial charge in [0.2, 0.25) is 5.95 Å². The van der Waals surface area contributed by atoms with Gasteiger partial charge < -0.3 is 10.2 Å². The third kappa shape index (κ3) is 4.44. The van der Waals surface area contributed by atoms with Crippen molar-refractivity contribution in [1.29, 1.82) is 0 Å². The summed E-state index contributed by atoms with van der Waals surface area (Å²) in [4.78, 5) is 11.8. The summed E-state index contributed by atoms with van der Waals surface area (Å²) in [5.41, 5.74) is 0. The van der Waals surface area contributed by atoms with Gasteiger partial charge in [0.25, 0.3) is 0 Å². The first-order valence-corrected chi connectivity index (χ1v) is 7.16. The van der Waals surface area contributed by atoms with Gasteiger partial charge in [0.05, 0.1) is 0 Å². The first-order chi connectivity index (χ1) is 9.25. The minimum Gasteiger partial charge on any atom is -0.369 e. The van der Waals surface area contributed by atoms with Crippen molar-refractivity contribution < 1.29 is 0 Å². The van der Waals surface area contributed by atoms with E-state index >= 15 is 0 Å². The number of nitrogens with one attached hydrogen (secondary N) is 1. The molecule has 0 aliphatic heterocycles. The van der Waals surface area contributed by atoms with Crippen LogP contribution in [-0.4, -0.2) is 36.4 Å².